The summed E-state index contributed by atoms with van der Waals surface area (Å²) in [5, 5.41) is 9.46. The summed E-state index contributed by atoms with van der Waals surface area (Å²) in [6.07, 6.45) is 0. The van der Waals surface area contributed by atoms with Gasteiger partial charge in [0.1, 0.15) is 0 Å². The fourth-order valence-electron chi connectivity index (χ4n) is 1.70. The van der Waals surface area contributed by atoms with Crippen LogP contribution < -0.4 is 10.6 Å². The zero-order chi connectivity index (χ0) is 14.7. The van der Waals surface area contributed by atoms with Crippen LogP contribution in [-0.4, -0.2) is 30.3 Å². The summed E-state index contributed by atoms with van der Waals surface area (Å²) in [7, 11) is 3.93. The Hall–Kier alpha value is -0.630. The molecule has 0 saturated carbocycles. The second kappa shape index (κ2) is 6.89. The maximum absolute atomic E-state index is 6.14. The van der Waals surface area contributed by atoms with Gasteiger partial charge in [0.2, 0.25) is 5.13 Å². The second-order valence-corrected chi connectivity index (χ2v) is 7.96. The molecule has 1 heterocycles. The Kier molecular flexibility index (Phi) is 5.42. The maximum Gasteiger partial charge on any atom is 0.208 e. The monoisotopic (exact) mass is 372 g/mol. The molecule has 2 N–H and O–H groups in total. The Labute approximate surface area is 135 Å². The van der Waals surface area contributed by atoms with E-state index in [9.17, 15) is 0 Å². The highest BCUT2D eigenvalue weighted by atomic mass is 79.9. The van der Waals surface area contributed by atoms with Gasteiger partial charge in [-0.1, -0.05) is 51.2 Å². The third-order valence-corrected chi connectivity index (χ3v) is 5.82. The lowest BCUT2D eigenvalue weighted by molar-refractivity contribution is 0.720. The Morgan fingerprint density at radius 3 is 2.65 bits per heavy atom. The molecule has 0 bridgehead atoms. The molecule has 0 aliphatic rings. The van der Waals surface area contributed by atoms with Gasteiger partial charge in [-0.3, -0.25) is 0 Å². The first-order chi connectivity index (χ1) is 9.47. The van der Waals surface area contributed by atoms with Crippen LogP contribution in [-0.2, 0) is 0 Å². The summed E-state index contributed by atoms with van der Waals surface area (Å²) < 4.78 is 2.00. The number of nitrogens with two attached hydrogens (primary N) is 1. The molecule has 0 spiro atoms. The third-order valence-electron chi connectivity index (χ3n) is 2.66. The number of anilines is 1. The highest BCUT2D eigenvalue weighted by Gasteiger charge is 2.20. The number of nitrogens with zero attached hydrogens (tertiary/aromatic N) is 3. The van der Waals surface area contributed by atoms with Crippen molar-refractivity contribution in [2.45, 2.75) is 22.6 Å². The Bertz CT molecular complexity index is 571. The molecule has 2 aromatic rings. The van der Waals surface area contributed by atoms with E-state index in [1.165, 1.54) is 5.56 Å². The molecule has 0 radical (unpaired) electrons. The van der Waals surface area contributed by atoms with E-state index >= 15 is 0 Å². The standard InChI is InChI=1S/C13H17BrN4S2/c1-8(15)11(9-5-4-6-10(14)7-9)19-13-17-16-12(20-13)18(2)3/h4-8,11H,15H2,1-3H3. The molecule has 1 aromatic carbocycles. The average Bonchev–Trinajstić information content (AvgIpc) is 2.84. The molecule has 4 nitrogen and oxygen atoms in total. The first-order valence-electron chi connectivity index (χ1n) is 6.16. The van der Waals surface area contributed by atoms with Gasteiger partial charge in [0.05, 0.1) is 5.25 Å². The normalized spacial score (nSPS) is 14.1. The fourth-order valence-corrected chi connectivity index (χ4v) is 4.15. The van der Waals surface area contributed by atoms with Gasteiger partial charge in [-0.05, 0) is 24.6 Å². The predicted molar refractivity (Wildman–Crippen MR) is 90.6 cm³/mol. The van der Waals surface area contributed by atoms with Gasteiger partial charge in [-0.15, -0.1) is 10.2 Å². The van der Waals surface area contributed by atoms with Crippen molar-refractivity contribution in [2.24, 2.45) is 5.73 Å². The van der Waals surface area contributed by atoms with E-state index in [0.29, 0.717) is 0 Å². The molecule has 0 fully saturated rings. The molecule has 1 aromatic heterocycles. The van der Waals surface area contributed by atoms with Crippen LogP contribution in [0.15, 0.2) is 33.1 Å². The molecular formula is C13H17BrN4S2. The number of halogens is 1. The summed E-state index contributed by atoms with van der Waals surface area (Å²) in [5.74, 6) is 0. The molecule has 0 saturated heterocycles. The molecule has 0 aliphatic carbocycles. The first kappa shape index (κ1) is 15.8. The van der Waals surface area contributed by atoms with Crippen LogP contribution in [0.1, 0.15) is 17.7 Å². The molecule has 2 rings (SSSR count). The van der Waals surface area contributed by atoms with E-state index in [0.717, 1.165) is 13.9 Å². The smallest absolute Gasteiger partial charge is 0.208 e. The van der Waals surface area contributed by atoms with E-state index < -0.39 is 0 Å². The highest BCUT2D eigenvalue weighted by Crippen LogP contribution is 2.40. The van der Waals surface area contributed by atoms with Gasteiger partial charge in [0.25, 0.3) is 0 Å². The summed E-state index contributed by atoms with van der Waals surface area (Å²) >= 11 is 6.76. The average molecular weight is 373 g/mol. The lowest BCUT2D eigenvalue weighted by Gasteiger charge is -2.19. The van der Waals surface area contributed by atoms with Crippen LogP contribution in [0, 0.1) is 0 Å². The van der Waals surface area contributed by atoms with E-state index in [-0.39, 0.29) is 11.3 Å². The zero-order valence-corrected chi connectivity index (χ0v) is 14.8. The number of benzene rings is 1. The minimum atomic E-state index is 0.0287. The van der Waals surface area contributed by atoms with Gasteiger partial charge < -0.3 is 10.6 Å². The predicted octanol–water partition coefficient (Wildman–Crippen LogP) is 3.55. The van der Waals surface area contributed by atoms with Crippen molar-refractivity contribution in [3.63, 3.8) is 0 Å². The van der Waals surface area contributed by atoms with E-state index in [1.807, 2.05) is 38.1 Å². The summed E-state index contributed by atoms with van der Waals surface area (Å²) in [6.45, 7) is 2.02. The van der Waals surface area contributed by atoms with Crippen LogP contribution >= 0.6 is 39.0 Å². The van der Waals surface area contributed by atoms with E-state index in [4.69, 9.17) is 5.73 Å². The van der Waals surface area contributed by atoms with E-state index in [2.05, 4.69) is 38.3 Å². The van der Waals surface area contributed by atoms with Crippen molar-refractivity contribution in [3.05, 3.63) is 34.3 Å². The largest absolute Gasteiger partial charge is 0.353 e. The number of hydrogen-bond acceptors (Lipinski definition) is 6. The third kappa shape index (κ3) is 3.94. The molecule has 2 unspecified atom stereocenters. The minimum absolute atomic E-state index is 0.0287. The second-order valence-electron chi connectivity index (χ2n) is 4.70. The number of aromatic nitrogens is 2. The van der Waals surface area contributed by atoms with Crippen molar-refractivity contribution >= 4 is 44.2 Å². The minimum Gasteiger partial charge on any atom is -0.353 e. The van der Waals surface area contributed by atoms with Gasteiger partial charge in [-0.25, -0.2) is 0 Å². The highest BCUT2D eigenvalue weighted by molar-refractivity contribution is 9.10. The van der Waals surface area contributed by atoms with Crippen molar-refractivity contribution < 1.29 is 0 Å². The van der Waals surface area contributed by atoms with Crippen molar-refractivity contribution in [1.82, 2.24) is 10.2 Å². The van der Waals surface area contributed by atoms with Gasteiger partial charge >= 0.3 is 0 Å². The quantitative estimate of drug-likeness (QED) is 0.813. The summed E-state index contributed by atoms with van der Waals surface area (Å²) in [6, 6.07) is 8.28. The Morgan fingerprint density at radius 1 is 1.35 bits per heavy atom. The topological polar surface area (TPSA) is 55.0 Å². The number of rotatable bonds is 5. The number of thioether (sulfide) groups is 1. The molecule has 2 atom stereocenters. The Morgan fingerprint density at radius 2 is 2.10 bits per heavy atom. The summed E-state index contributed by atoms with van der Waals surface area (Å²) in [4.78, 5) is 1.96. The first-order valence-corrected chi connectivity index (χ1v) is 8.65. The van der Waals surface area contributed by atoms with Crippen molar-refractivity contribution in [2.75, 3.05) is 19.0 Å². The maximum atomic E-state index is 6.14. The fraction of sp³-hybridized carbons (Fsp3) is 0.385. The molecule has 0 amide bonds. The van der Waals surface area contributed by atoms with Crippen LogP contribution in [0.5, 0.6) is 0 Å². The lowest BCUT2D eigenvalue weighted by Crippen LogP contribution is -2.22. The molecule has 20 heavy (non-hydrogen) atoms. The van der Waals surface area contributed by atoms with Crippen LogP contribution in [0.3, 0.4) is 0 Å². The summed E-state index contributed by atoms with van der Waals surface area (Å²) in [5.41, 5.74) is 7.34. The lowest BCUT2D eigenvalue weighted by atomic mass is 10.1. The SMILES string of the molecule is CC(N)C(Sc1nnc(N(C)C)s1)c1cccc(Br)c1. The van der Waals surface area contributed by atoms with Gasteiger partial charge in [-0.2, -0.15) is 0 Å². The molecule has 108 valence electrons. The van der Waals surface area contributed by atoms with Crippen LogP contribution in [0.4, 0.5) is 5.13 Å². The van der Waals surface area contributed by atoms with Crippen molar-refractivity contribution in [3.8, 4) is 0 Å². The molecule has 7 heteroatoms. The zero-order valence-electron chi connectivity index (χ0n) is 11.6. The van der Waals surface area contributed by atoms with Gasteiger partial charge in [0.15, 0.2) is 4.34 Å². The molecule has 0 aliphatic heterocycles. The Balaban J connectivity index is 2.21. The molecular weight excluding hydrogens is 356 g/mol. The van der Waals surface area contributed by atoms with Crippen LogP contribution in [0.2, 0.25) is 0 Å². The van der Waals surface area contributed by atoms with Crippen molar-refractivity contribution in [1.29, 1.82) is 0 Å². The number of hydrogen-bond donors (Lipinski definition) is 1. The van der Waals surface area contributed by atoms with E-state index in [1.54, 1.807) is 23.1 Å². The van der Waals surface area contributed by atoms with Gasteiger partial charge in [0, 0.05) is 24.6 Å². The van der Waals surface area contributed by atoms with Crippen LogP contribution in [0.25, 0.3) is 0 Å².